The maximum absolute atomic E-state index is 12.1. The van der Waals surface area contributed by atoms with E-state index >= 15 is 0 Å². The summed E-state index contributed by atoms with van der Waals surface area (Å²) in [7, 11) is 0.552. The average molecular weight is 405 g/mol. The van der Waals surface area contributed by atoms with Crippen molar-refractivity contribution >= 4 is 22.1 Å². The highest BCUT2D eigenvalue weighted by Crippen LogP contribution is 2.25. The number of methoxy groups -OCH3 is 2. The van der Waals surface area contributed by atoms with Crippen molar-refractivity contribution in [1.82, 2.24) is 4.72 Å². The number of nitrogens with one attached hydrogen (secondary N) is 1. The van der Waals surface area contributed by atoms with E-state index in [1.165, 1.54) is 38.4 Å². The van der Waals surface area contributed by atoms with Gasteiger partial charge in [-0.15, -0.1) is 0 Å². The molecular weight excluding hydrogens is 382 g/mol. The van der Waals surface area contributed by atoms with Gasteiger partial charge < -0.3 is 14.2 Å². The van der Waals surface area contributed by atoms with Crippen LogP contribution in [0.2, 0.25) is 0 Å². The number of hydrogen-bond donors (Lipinski definition) is 1. The van der Waals surface area contributed by atoms with E-state index in [0.717, 1.165) is 11.1 Å². The molecular formula is C20H23NO6S. The van der Waals surface area contributed by atoms with Gasteiger partial charge in [0.15, 0.2) is 0 Å². The lowest BCUT2D eigenvalue weighted by molar-refractivity contribution is -0.138. The van der Waals surface area contributed by atoms with Crippen molar-refractivity contribution in [3.8, 4) is 11.5 Å². The van der Waals surface area contributed by atoms with Gasteiger partial charge in [-0.3, -0.25) is 0 Å². The molecule has 0 radical (unpaired) electrons. The third-order valence-corrected chi connectivity index (χ3v) is 5.40. The zero-order chi connectivity index (χ0) is 20.7. The summed E-state index contributed by atoms with van der Waals surface area (Å²) < 4.78 is 42.0. The molecule has 0 amide bonds. The van der Waals surface area contributed by atoms with Crippen LogP contribution in [0, 0.1) is 6.92 Å². The molecule has 0 aliphatic heterocycles. The van der Waals surface area contributed by atoms with E-state index < -0.39 is 16.0 Å². The van der Waals surface area contributed by atoms with Crippen LogP contribution < -0.4 is 14.2 Å². The summed E-state index contributed by atoms with van der Waals surface area (Å²) in [5, 5.41) is 0. The van der Waals surface area contributed by atoms with Gasteiger partial charge in [0.25, 0.3) is 0 Å². The number of carbonyl (C=O) groups is 1. The van der Waals surface area contributed by atoms with E-state index in [1.54, 1.807) is 13.2 Å². The molecule has 0 bridgehead atoms. The summed E-state index contributed by atoms with van der Waals surface area (Å²) in [5.41, 5.74) is 2.30. The highest BCUT2D eigenvalue weighted by atomic mass is 32.2. The van der Waals surface area contributed by atoms with Gasteiger partial charge in [0.2, 0.25) is 10.0 Å². The molecule has 0 spiro atoms. The summed E-state index contributed by atoms with van der Waals surface area (Å²) in [6.45, 7) is 2.00. The van der Waals surface area contributed by atoms with Crippen LogP contribution in [0.3, 0.4) is 0 Å². The minimum atomic E-state index is -3.70. The predicted molar refractivity (Wildman–Crippen MR) is 106 cm³/mol. The van der Waals surface area contributed by atoms with Crippen molar-refractivity contribution in [2.24, 2.45) is 0 Å². The predicted octanol–water partition coefficient (Wildman–Crippen LogP) is 2.68. The summed E-state index contributed by atoms with van der Waals surface area (Å²) in [6.07, 6.45) is 2.71. The van der Waals surface area contributed by atoms with Gasteiger partial charge in [-0.25, -0.2) is 17.9 Å². The minimum Gasteiger partial charge on any atom is -0.496 e. The molecule has 0 aromatic heterocycles. The Kier molecular flexibility index (Phi) is 7.19. The molecule has 28 heavy (non-hydrogen) atoms. The molecule has 7 nitrogen and oxygen atoms in total. The largest absolute Gasteiger partial charge is 0.496 e. The van der Waals surface area contributed by atoms with E-state index in [4.69, 9.17) is 14.2 Å². The van der Waals surface area contributed by atoms with Gasteiger partial charge in [-0.05, 0) is 49.9 Å². The molecule has 0 aliphatic rings. The SMILES string of the molecule is CNS(=O)(=O)c1cc(/C=C/C(=O)OCc2cc(C)ccc2OC)ccc1OC. The number of sulfonamides is 1. The number of aryl methyl sites for hydroxylation is 1. The van der Waals surface area contributed by atoms with Crippen LogP contribution in [-0.4, -0.2) is 35.7 Å². The summed E-state index contributed by atoms with van der Waals surface area (Å²) >= 11 is 0. The van der Waals surface area contributed by atoms with Crippen molar-refractivity contribution in [3.05, 3.63) is 59.2 Å². The second-order valence-electron chi connectivity index (χ2n) is 5.87. The lowest BCUT2D eigenvalue weighted by Crippen LogP contribution is -2.19. The van der Waals surface area contributed by atoms with Crippen LogP contribution in [0.5, 0.6) is 11.5 Å². The van der Waals surface area contributed by atoms with Crippen LogP contribution in [-0.2, 0) is 26.2 Å². The van der Waals surface area contributed by atoms with Crippen LogP contribution in [0.1, 0.15) is 16.7 Å². The van der Waals surface area contributed by atoms with Gasteiger partial charge in [0, 0.05) is 11.6 Å². The van der Waals surface area contributed by atoms with Crippen LogP contribution in [0.25, 0.3) is 6.08 Å². The Balaban J connectivity index is 2.12. The standard InChI is InChI=1S/C20H23NO6S/c1-14-5-8-17(25-3)16(11-14)13-27-20(22)10-7-15-6-9-18(26-4)19(12-15)28(23,24)21-2/h5-12,21H,13H2,1-4H3/b10-7+. The van der Waals surface area contributed by atoms with E-state index in [9.17, 15) is 13.2 Å². The Morgan fingerprint density at radius 3 is 2.39 bits per heavy atom. The van der Waals surface area contributed by atoms with E-state index in [1.807, 2.05) is 25.1 Å². The van der Waals surface area contributed by atoms with E-state index in [-0.39, 0.29) is 17.3 Å². The molecule has 1 N–H and O–H groups in total. The number of hydrogen-bond acceptors (Lipinski definition) is 6. The Labute approximate surface area is 165 Å². The molecule has 0 saturated carbocycles. The molecule has 0 atom stereocenters. The molecule has 2 aromatic rings. The van der Waals surface area contributed by atoms with Gasteiger partial charge >= 0.3 is 5.97 Å². The van der Waals surface area contributed by atoms with Crippen molar-refractivity contribution in [3.63, 3.8) is 0 Å². The van der Waals surface area contributed by atoms with Gasteiger partial charge in [0.1, 0.15) is 23.0 Å². The first-order valence-corrected chi connectivity index (χ1v) is 9.89. The second-order valence-corrected chi connectivity index (χ2v) is 7.73. The quantitative estimate of drug-likeness (QED) is 0.536. The number of carbonyl (C=O) groups excluding carboxylic acids is 1. The van der Waals surface area contributed by atoms with Gasteiger partial charge in [-0.2, -0.15) is 0 Å². The topological polar surface area (TPSA) is 90.9 Å². The van der Waals surface area contributed by atoms with Crippen molar-refractivity contribution in [2.75, 3.05) is 21.3 Å². The van der Waals surface area contributed by atoms with E-state index in [2.05, 4.69) is 4.72 Å². The summed E-state index contributed by atoms with van der Waals surface area (Å²) in [5.74, 6) is 0.289. The number of rotatable bonds is 8. The number of benzene rings is 2. The molecule has 2 rings (SSSR count). The van der Waals surface area contributed by atoms with Crippen molar-refractivity contribution < 1.29 is 27.4 Å². The summed E-state index contributed by atoms with van der Waals surface area (Å²) in [4.78, 5) is 12.0. The molecule has 0 heterocycles. The third-order valence-electron chi connectivity index (χ3n) is 3.96. The molecule has 0 fully saturated rings. The molecule has 8 heteroatoms. The normalized spacial score (nSPS) is 11.4. The van der Waals surface area contributed by atoms with Crippen LogP contribution >= 0.6 is 0 Å². The van der Waals surface area contributed by atoms with E-state index in [0.29, 0.717) is 11.3 Å². The molecule has 2 aromatic carbocycles. The monoisotopic (exact) mass is 405 g/mol. The van der Waals surface area contributed by atoms with Gasteiger partial charge in [0.05, 0.1) is 14.2 Å². The van der Waals surface area contributed by atoms with Crippen LogP contribution in [0.4, 0.5) is 0 Å². The summed E-state index contributed by atoms with van der Waals surface area (Å²) in [6, 6.07) is 10.2. The Morgan fingerprint density at radius 1 is 1.07 bits per heavy atom. The smallest absolute Gasteiger partial charge is 0.331 e. The highest BCUT2D eigenvalue weighted by Gasteiger charge is 2.17. The first kappa shape index (κ1) is 21.5. The minimum absolute atomic E-state index is 0.0162. The van der Waals surface area contributed by atoms with Gasteiger partial charge in [-0.1, -0.05) is 17.7 Å². The lowest BCUT2D eigenvalue weighted by Gasteiger charge is -2.10. The fourth-order valence-corrected chi connectivity index (χ4v) is 3.43. The first-order chi connectivity index (χ1) is 13.3. The Hall–Kier alpha value is -2.84. The first-order valence-electron chi connectivity index (χ1n) is 8.40. The van der Waals surface area contributed by atoms with Crippen molar-refractivity contribution in [2.45, 2.75) is 18.4 Å². The zero-order valence-electron chi connectivity index (χ0n) is 16.2. The fourth-order valence-electron chi connectivity index (χ4n) is 2.50. The Bertz CT molecular complexity index is 982. The molecule has 0 saturated heterocycles. The maximum atomic E-state index is 12.1. The second kappa shape index (κ2) is 9.38. The lowest BCUT2D eigenvalue weighted by atomic mass is 10.1. The molecule has 0 aliphatic carbocycles. The third kappa shape index (κ3) is 5.34. The maximum Gasteiger partial charge on any atom is 0.331 e. The van der Waals surface area contributed by atoms with Crippen molar-refractivity contribution in [1.29, 1.82) is 0 Å². The zero-order valence-corrected chi connectivity index (χ0v) is 17.0. The number of ether oxygens (including phenoxy) is 3. The Morgan fingerprint density at radius 2 is 1.75 bits per heavy atom. The fraction of sp³-hybridized carbons (Fsp3) is 0.250. The highest BCUT2D eigenvalue weighted by molar-refractivity contribution is 7.89. The molecule has 0 unspecified atom stereocenters. The number of esters is 1. The average Bonchev–Trinajstić information content (AvgIpc) is 2.70. The van der Waals surface area contributed by atoms with Crippen LogP contribution in [0.15, 0.2) is 47.4 Å². The molecule has 150 valence electrons.